The first-order chi connectivity index (χ1) is 9.92. The number of rotatable bonds is 3. The fourth-order valence-electron chi connectivity index (χ4n) is 1.71. The monoisotopic (exact) mass is 323 g/mol. The second-order valence-corrected chi connectivity index (χ2v) is 5.44. The average molecular weight is 324 g/mol. The van der Waals surface area contributed by atoms with Crippen molar-refractivity contribution in [3.05, 3.63) is 49.7 Å². The summed E-state index contributed by atoms with van der Waals surface area (Å²) in [6.45, 7) is 3.77. The molecular formula is C14H11Cl2N3O2. The Hall–Kier alpha value is -2.03. The van der Waals surface area contributed by atoms with Gasteiger partial charge < -0.3 is 4.74 Å². The Balaban J connectivity index is 2.42. The molecule has 0 spiro atoms. The van der Waals surface area contributed by atoms with Crippen molar-refractivity contribution < 1.29 is 4.74 Å². The number of hydrogen-bond acceptors (Lipinski definition) is 4. The third-order valence-corrected chi connectivity index (χ3v) is 3.33. The van der Waals surface area contributed by atoms with E-state index < -0.39 is 0 Å². The van der Waals surface area contributed by atoms with E-state index in [1.165, 1.54) is 18.2 Å². The van der Waals surface area contributed by atoms with Crippen LogP contribution in [0.25, 0.3) is 0 Å². The number of aromatic nitrogens is 2. The van der Waals surface area contributed by atoms with Crippen molar-refractivity contribution in [3.8, 4) is 17.7 Å². The molecule has 0 unspecified atom stereocenters. The molecule has 0 saturated heterocycles. The highest BCUT2D eigenvalue weighted by atomic mass is 35.5. The molecule has 108 valence electrons. The van der Waals surface area contributed by atoms with E-state index >= 15 is 0 Å². The number of nitrogens with zero attached hydrogens (tertiary/aromatic N) is 2. The summed E-state index contributed by atoms with van der Waals surface area (Å²) >= 11 is 12.1. The summed E-state index contributed by atoms with van der Waals surface area (Å²) in [5, 5.41) is 15.4. The van der Waals surface area contributed by atoms with E-state index in [0.717, 1.165) is 0 Å². The summed E-state index contributed by atoms with van der Waals surface area (Å²) in [4.78, 5) is 11.6. The number of benzene rings is 1. The van der Waals surface area contributed by atoms with Crippen LogP contribution in [0.3, 0.4) is 0 Å². The quantitative estimate of drug-likeness (QED) is 0.929. The van der Waals surface area contributed by atoms with E-state index in [1.807, 2.05) is 19.9 Å². The fraction of sp³-hybridized carbons (Fsp3) is 0.214. The predicted octanol–water partition coefficient (Wildman–Crippen LogP) is 3.86. The highest BCUT2D eigenvalue weighted by Gasteiger charge is 2.14. The fourth-order valence-corrected chi connectivity index (χ4v) is 2.27. The van der Waals surface area contributed by atoms with Crippen molar-refractivity contribution in [1.82, 2.24) is 10.2 Å². The molecule has 0 aliphatic rings. The molecule has 0 bridgehead atoms. The molecule has 5 nitrogen and oxygen atoms in total. The molecule has 21 heavy (non-hydrogen) atoms. The summed E-state index contributed by atoms with van der Waals surface area (Å²) in [7, 11) is 0. The Morgan fingerprint density at radius 1 is 1.29 bits per heavy atom. The highest BCUT2D eigenvalue weighted by Crippen LogP contribution is 2.36. The molecule has 0 amide bonds. The van der Waals surface area contributed by atoms with Crippen LogP contribution >= 0.6 is 23.2 Å². The van der Waals surface area contributed by atoms with Crippen molar-refractivity contribution in [1.29, 1.82) is 5.26 Å². The van der Waals surface area contributed by atoms with E-state index in [4.69, 9.17) is 33.2 Å². The summed E-state index contributed by atoms with van der Waals surface area (Å²) < 4.78 is 5.53. The van der Waals surface area contributed by atoms with Crippen LogP contribution in [0.15, 0.2) is 23.0 Å². The minimum Gasteiger partial charge on any atom is -0.434 e. The molecule has 0 aliphatic heterocycles. The summed E-state index contributed by atoms with van der Waals surface area (Å²) in [5.74, 6) is 0.379. The van der Waals surface area contributed by atoms with E-state index in [-0.39, 0.29) is 33.2 Å². The Morgan fingerprint density at radius 2 is 1.90 bits per heavy atom. The second-order valence-electron chi connectivity index (χ2n) is 4.63. The van der Waals surface area contributed by atoms with Gasteiger partial charge in [-0.1, -0.05) is 37.0 Å². The van der Waals surface area contributed by atoms with Gasteiger partial charge >= 0.3 is 0 Å². The van der Waals surface area contributed by atoms with Crippen molar-refractivity contribution in [2.24, 2.45) is 0 Å². The molecule has 1 heterocycles. The zero-order valence-corrected chi connectivity index (χ0v) is 12.8. The minimum atomic E-state index is -0.269. The zero-order chi connectivity index (χ0) is 15.6. The smallest absolute Gasteiger partial charge is 0.267 e. The van der Waals surface area contributed by atoms with Gasteiger partial charge in [0.05, 0.1) is 21.7 Å². The first-order valence-corrected chi connectivity index (χ1v) is 6.84. The lowest BCUT2D eigenvalue weighted by molar-refractivity contribution is 0.452. The summed E-state index contributed by atoms with van der Waals surface area (Å²) in [6, 6.07) is 6.36. The van der Waals surface area contributed by atoms with Crippen molar-refractivity contribution in [3.63, 3.8) is 0 Å². The largest absolute Gasteiger partial charge is 0.434 e. The average Bonchev–Trinajstić information content (AvgIpc) is 2.43. The van der Waals surface area contributed by atoms with Crippen LogP contribution in [-0.2, 0) is 0 Å². The normalized spacial score (nSPS) is 10.5. The maximum absolute atomic E-state index is 11.6. The van der Waals surface area contributed by atoms with Gasteiger partial charge in [0, 0.05) is 11.6 Å². The van der Waals surface area contributed by atoms with Crippen molar-refractivity contribution in [2.45, 2.75) is 19.8 Å². The van der Waals surface area contributed by atoms with Crippen LogP contribution in [0.1, 0.15) is 30.9 Å². The standard InChI is InChI=1S/C14H11Cl2N3O2/c1-7(2)9-5-12(18-19-14(9)20)21-13-10(15)3-8(6-17)4-11(13)16/h3-5,7H,1-2H3,(H,19,20). The number of nitrogens with one attached hydrogen (secondary N) is 1. The molecule has 2 aromatic rings. The van der Waals surface area contributed by atoms with E-state index in [0.29, 0.717) is 11.1 Å². The third kappa shape index (κ3) is 3.35. The number of aromatic amines is 1. The highest BCUT2D eigenvalue weighted by molar-refractivity contribution is 6.37. The topological polar surface area (TPSA) is 78.8 Å². The second kappa shape index (κ2) is 6.17. The lowest BCUT2D eigenvalue weighted by atomic mass is 10.1. The minimum absolute atomic E-state index is 0.0195. The number of halogens is 2. The lowest BCUT2D eigenvalue weighted by Crippen LogP contribution is -2.15. The summed E-state index contributed by atoms with van der Waals surface area (Å²) in [5.41, 5.74) is 0.602. The van der Waals surface area contributed by atoms with Gasteiger partial charge in [0.2, 0.25) is 5.88 Å². The van der Waals surface area contributed by atoms with Crippen LogP contribution in [0.5, 0.6) is 11.6 Å². The Kier molecular flexibility index (Phi) is 4.51. The van der Waals surface area contributed by atoms with Crippen molar-refractivity contribution >= 4 is 23.2 Å². The maximum Gasteiger partial charge on any atom is 0.267 e. The first-order valence-electron chi connectivity index (χ1n) is 6.09. The Bertz CT molecular complexity index is 756. The molecule has 1 N–H and O–H groups in total. The molecule has 0 atom stereocenters. The van der Waals surface area contributed by atoms with Gasteiger partial charge in [0.1, 0.15) is 0 Å². The van der Waals surface area contributed by atoms with Gasteiger partial charge in [-0.3, -0.25) is 4.79 Å². The van der Waals surface area contributed by atoms with Crippen molar-refractivity contribution in [2.75, 3.05) is 0 Å². The molecule has 1 aromatic heterocycles. The molecule has 0 fully saturated rings. The van der Waals surface area contributed by atoms with E-state index in [1.54, 1.807) is 0 Å². The maximum atomic E-state index is 11.6. The van der Waals surface area contributed by atoms with Crippen LogP contribution in [0.4, 0.5) is 0 Å². The molecule has 0 radical (unpaired) electrons. The Labute approximate surface area is 131 Å². The van der Waals surface area contributed by atoms with Crippen LogP contribution in [0, 0.1) is 11.3 Å². The molecule has 7 heteroatoms. The van der Waals surface area contributed by atoms with Crippen LogP contribution in [0.2, 0.25) is 10.0 Å². The molecule has 2 rings (SSSR count). The Morgan fingerprint density at radius 3 is 2.43 bits per heavy atom. The molecule has 0 aliphatic carbocycles. The van der Waals surface area contributed by atoms with Gasteiger partial charge in [0.15, 0.2) is 5.75 Å². The third-order valence-electron chi connectivity index (χ3n) is 2.76. The van der Waals surface area contributed by atoms with Crippen LogP contribution < -0.4 is 10.3 Å². The number of H-pyrrole nitrogens is 1. The molecule has 0 saturated carbocycles. The van der Waals surface area contributed by atoms with Crippen LogP contribution in [-0.4, -0.2) is 10.2 Å². The lowest BCUT2D eigenvalue weighted by Gasteiger charge is -2.10. The van der Waals surface area contributed by atoms with Gasteiger partial charge in [0.25, 0.3) is 5.56 Å². The number of ether oxygens (including phenoxy) is 1. The first kappa shape index (κ1) is 15.4. The molecule has 1 aromatic carbocycles. The number of nitriles is 1. The van der Waals surface area contributed by atoms with E-state index in [9.17, 15) is 4.79 Å². The van der Waals surface area contributed by atoms with Gasteiger partial charge in [-0.25, -0.2) is 5.10 Å². The van der Waals surface area contributed by atoms with Gasteiger partial charge in [-0.05, 0) is 18.1 Å². The van der Waals surface area contributed by atoms with E-state index in [2.05, 4.69) is 10.2 Å². The molecular weight excluding hydrogens is 313 g/mol. The van der Waals surface area contributed by atoms with Gasteiger partial charge in [-0.15, -0.1) is 5.10 Å². The summed E-state index contributed by atoms with van der Waals surface area (Å²) in [6.07, 6.45) is 0. The van der Waals surface area contributed by atoms with Gasteiger partial charge in [-0.2, -0.15) is 5.26 Å². The SMILES string of the molecule is CC(C)c1cc(Oc2c(Cl)cc(C#N)cc2Cl)n[nH]c1=O. The number of hydrogen-bond donors (Lipinski definition) is 1. The predicted molar refractivity (Wildman–Crippen MR) is 80.2 cm³/mol. The zero-order valence-electron chi connectivity index (χ0n) is 11.3.